The molecule has 2 aromatic heterocycles. The molecule has 0 aliphatic heterocycles. The second-order valence-corrected chi connectivity index (χ2v) is 5.25. The molecule has 3 aromatic rings. The monoisotopic (exact) mass is 302 g/mol. The predicted octanol–water partition coefficient (Wildman–Crippen LogP) is 0.759. The van der Waals surface area contributed by atoms with Gasteiger partial charge in [-0.3, -0.25) is 9.48 Å². The molecule has 3 rings (SSSR count). The Bertz CT molecular complexity index is 843. The van der Waals surface area contributed by atoms with Gasteiger partial charge in [-0.1, -0.05) is 17.8 Å². The Hall–Kier alpha value is -2.19. The molecular formula is C13H14N6OS. The number of carbonyl (C=O) groups excluding carboxylic acids is 1. The number of thioether (sulfide) groups is 1. The minimum Gasteiger partial charge on any atom is -0.364 e. The van der Waals surface area contributed by atoms with E-state index in [0.717, 1.165) is 16.4 Å². The molecule has 108 valence electrons. The standard InChI is InChI=1S/C13H14N6OS/c1-21-13-16-6-7-2-3-8-10(12(15)20)18-19(5-4-14)11(8)9(7)17-13/h2-3,6H,4-5,14H2,1H3,(H2,15,20). The van der Waals surface area contributed by atoms with Crippen LogP contribution in [-0.4, -0.2) is 38.5 Å². The predicted molar refractivity (Wildman–Crippen MR) is 82.2 cm³/mol. The van der Waals surface area contributed by atoms with E-state index in [-0.39, 0.29) is 5.69 Å². The molecule has 0 saturated carbocycles. The van der Waals surface area contributed by atoms with Crippen molar-refractivity contribution in [2.24, 2.45) is 11.5 Å². The zero-order valence-corrected chi connectivity index (χ0v) is 12.2. The highest BCUT2D eigenvalue weighted by Gasteiger charge is 2.17. The number of aromatic nitrogens is 4. The molecule has 0 fully saturated rings. The fraction of sp³-hybridized carbons (Fsp3) is 0.231. The fourth-order valence-electron chi connectivity index (χ4n) is 2.31. The van der Waals surface area contributed by atoms with Crippen LogP contribution in [0.15, 0.2) is 23.5 Å². The van der Waals surface area contributed by atoms with Crippen molar-refractivity contribution >= 4 is 39.5 Å². The van der Waals surface area contributed by atoms with Crippen molar-refractivity contribution in [1.82, 2.24) is 19.7 Å². The zero-order valence-electron chi connectivity index (χ0n) is 11.4. The van der Waals surface area contributed by atoms with Crippen molar-refractivity contribution in [3.8, 4) is 0 Å². The Morgan fingerprint density at radius 2 is 2.24 bits per heavy atom. The highest BCUT2D eigenvalue weighted by atomic mass is 32.2. The molecule has 0 saturated heterocycles. The molecule has 0 atom stereocenters. The van der Waals surface area contributed by atoms with Crippen LogP contribution >= 0.6 is 11.8 Å². The molecule has 0 unspecified atom stereocenters. The number of nitrogens with two attached hydrogens (primary N) is 2. The molecule has 0 radical (unpaired) electrons. The van der Waals surface area contributed by atoms with E-state index in [0.29, 0.717) is 23.6 Å². The lowest BCUT2D eigenvalue weighted by molar-refractivity contribution is 0.0996. The van der Waals surface area contributed by atoms with Crippen LogP contribution in [-0.2, 0) is 6.54 Å². The summed E-state index contributed by atoms with van der Waals surface area (Å²) in [6, 6.07) is 3.68. The second-order valence-electron chi connectivity index (χ2n) is 4.48. The van der Waals surface area contributed by atoms with Gasteiger partial charge in [0.2, 0.25) is 0 Å². The number of hydrogen-bond acceptors (Lipinski definition) is 6. The van der Waals surface area contributed by atoms with Crippen molar-refractivity contribution in [3.63, 3.8) is 0 Å². The summed E-state index contributed by atoms with van der Waals surface area (Å²) in [4.78, 5) is 20.4. The zero-order chi connectivity index (χ0) is 15.0. The second kappa shape index (κ2) is 5.30. The van der Waals surface area contributed by atoms with E-state index in [1.807, 2.05) is 18.4 Å². The third-order valence-electron chi connectivity index (χ3n) is 3.19. The molecule has 0 aliphatic carbocycles. The van der Waals surface area contributed by atoms with Gasteiger partial charge in [-0.05, 0) is 12.3 Å². The average Bonchev–Trinajstić information content (AvgIpc) is 2.86. The summed E-state index contributed by atoms with van der Waals surface area (Å²) < 4.78 is 1.69. The first-order valence-corrected chi connectivity index (χ1v) is 7.58. The maximum atomic E-state index is 11.6. The summed E-state index contributed by atoms with van der Waals surface area (Å²) in [5.41, 5.74) is 12.8. The number of hydrogen-bond donors (Lipinski definition) is 2. The normalized spacial score (nSPS) is 11.3. The van der Waals surface area contributed by atoms with Crippen LogP contribution in [0.25, 0.3) is 21.8 Å². The first-order valence-electron chi connectivity index (χ1n) is 6.36. The van der Waals surface area contributed by atoms with Gasteiger partial charge in [-0.15, -0.1) is 0 Å². The van der Waals surface area contributed by atoms with E-state index in [4.69, 9.17) is 11.5 Å². The summed E-state index contributed by atoms with van der Waals surface area (Å²) in [5.74, 6) is -0.561. The number of benzene rings is 1. The summed E-state index contributed by atoms with van der Waals surface area (Å²) in [5, 5.41) is 6.52. The summed E-state index contributed by atoms with van der Waals surface area (Å²) in [6.07, 6.45) is 3.67. The SMILES string of the molecule is CSc1ncc2ccc3c(C(N)=O)nn(CCN)c3c2n1. The first-order chi connectivity index (χ1) is 10.2. The number of rotatable bonds is 4. The fourth-order valence-corrected chi connectivity index (χ4v) is 2.65. The lowest BCUT2D eigenvalue weighted by Crippen LogP contribution is -2.15. The largest absolute Gasteiger partial charge is 0.364 e. The topological polar surface area (TPSA) is 113 Å². The molecule has 0 aliphatic rings. The lowest BCUT2D eigenvalue weighted by atomic mass is 10.1. The minimum absolute atomic E-state index is 0.240. The molecule has 0 bridgehead atoms. The van der Waals surface area contributed by atoms with Gasteiger partial charge in [-0.2, -0.15) is 5.10 Å². The van der Waals surface area contributed by atoms with Gasteiger partial charge in [0.15, 0.2) is 10.9 Å². The maximum Gasteiger partial charge on any atom is 0.269 e. The smallest absolute Gasteiger partial charge is 0.269 e. The van der Waals surface area contributed by atoms with Crippen LogP contribution in [0.2, 0.25) is 0 Å². The highest BCUT2D eigenvalue weighted by Crippen LogP contribution is 2.27. The highest BCUT2D eigenvalue weighted by molar-refractivity contribution is 7.98. The van der Waals surface area contributed by atoms with E-state index < -0.39 is 5.91 Å². The van der Waals surface area contributed by atoms with Gasteiger partial charge in [0, 0.05) is 23.5 Å². The van der Waals surface area contributed by atoms with Gasteiger partial charge in [0.1, 0.15) is 5.52 Å². The number of carbonyl (C=O) groups is 1. The Balaban J connectivity index is 2.43. The summed E-state index contributed by atoms with van der Waals surface area (Å²) in [7, 11) is 0. The van der Waals surface area contributed by atoms with Crippen molar-refractivity contribution in [1.29, 1.82) is 0 Å². The summed E-state index contributed by atoms with van der Waals surface area (Å²) >= 11 is 1.46. The van der Waals surface area contributed by atoms with E-state index in [2.05, 4.69) is 15.1 Å². The van der Waals surface area contributed by atoms with Crippen LogP contribution in [0.1, 0.15) is 10.5 Å². The van der Waals surface area contributed by atoms with Gasteiger partial charge >= 0.3 is 0 Å². The quantitative estimate of drug-likeness (QED) is 0.543. The number of primary amides is 1. The molecule has 4 N–H and O–H groups in total. The van der Waals surface area contributed by atoms with Crippen molar-refractivity contribution in [3.05, 3.63) is 24.0 Å². The molecular weight excluding hydrogens is 288 g/mol. The number of nitrogens with zero attached hydrogens (tertiary/aromatic N) is 4. The molecule has 0 spiro atoms. The average molecular weight is 302 g/mol. The third-order valence-corrected chi connectivity index (χ3v) is 3.76. The third kappa shape index (κ3) is 2.22. The van der Waals surface area contributed by atoms with Crippen molar-refractivity contribution in [2.45, 2.75) is 11.7 Å². The van der Waals surface area contributed by atoms with E-state index >= 15 is 0 Å². The van der Waals surface area contributed by atoms with E-state index in [9.17, 15) is 4.79 Å². The summed E-state index contributed by atoms with van der Waals surface area (Å²) in [6.45, 7) is 0.896. The lowest BCUT2D eigenvalue weighted by Gasteiger charge is -2.05. The van der Waals surface area contributed by atoms with Crippen molar-refractivity contribution in [2.75, 3.05) is 12.8 Å². The molecule has 1 amide bonds. The molecule has 21 heavy (non-hydrogen) atoms. The van der Waals surface area contributed by atoms with Gasteiger partial charge in [0.05, 0.1) is 12.1 Å². The maximum absolute atomic E-state index is 11.6. The Labute approximate surface area is 124 Å². The van der Waals surface area contributed by atoms with Gasteiger partial charge in [0.25, 0.3) is 5.91 Å². The van der Waals surface area contributed by atoms with Crippen LogP contribution in [0, 0.1) is 0 Å². The molecule has 1 aromatic carbocycles. The number of fused-ring (bicyclic) bond motifs is 3. The van der Waals surface area contributed by atoms with Crippen LogP contribution in [0.5, 0.6) is 0 Å². The Morgan fingerprint density at radius 1 is 1.43 bits per heavy atom. The van der Waals surface area contributed by atoms with Gasteiger partial charge < -0.3 is 11.5 Å². The molecule has 7 nitrogen and oxygen atoms in total. The van der Waals surface area contributed by atoms with Gasteiger partial charge in [-0.25, -0.2) is 9.97 Å². The van der Waals surface area contributed by atoms with E-state index in [1.54, 1.807) is 10.9 Å². The Kier molecular flexibility index (Phi) is 3.48. The van der Waals surface area contributed by atoms with Crippen LogP contribution in [0.3, 0.4) is 0 Å². The van der Waals surface area contributed by atoms with Crippen LogP contribution in [0.4, 0.5) is 0 Å². The Morgan fingerprint density at radius 3 is 2.90 bits per heavy atom. The first kappa shape index (κ1) is 13.8. The van der Waals surface area contributed by atoms with Crippen LogP contribution < -0.4 is 11.5 Å². The van der Waals surface area contributed by atoms with E-state index in [1.165, 1.54) is 11.8 Å². The molecule has 8 heteroatoms. The minimum atomic E-state index is -0.561. The number of amides is 1. The van der Waals surface area contributed by atoms with Crippen molar-refractivity contribution < 1.29 is 4.79 Å². The molecule has 2 heterocycles.